The van der Waals surface area contributed by atoms with Gasteiger partial charge in [0.25, 0.3) is 5.91 Å². The van der Waals surface area contributed by atoms with Crippen LogP contribution in [0, 0.1) is 0 Å². The second kappa shape index (κ2) is 5.31. The molecule has 2 unspecified atom stereocenters. The molecule has 3 rings (SSSR count). The van der Waals surface area contributed by atoms with Gasteiger partial charge in [0.15, 0.2) is 0 Å². The number of amides is 1. The van der Waals surface area contributed by atoms with Crippen LogP contribution in [0.2, 0.25) is 0 Å². The molecule has 2 aliphatic rings. The van der Waals surface area contributed by atoms with Crippen LogP contribution >= 0.6 is 0 Å². The van der Waals surface area contributed by atoms with E-state index in [2.05, 4.69) is 10.6 Å². The van der Waals surface area contributed by atoms with Crippen LogP contribution in [0.4, 0.5) is 0 Å². The molecule has 1 amide bonds. The summed E-state index contributed by atoms with van der Waals surface area (Å²) in [6, 6.07) is 7.66. The van der Waals surface area contributed by atoms with Crippen LogP contribution in [-0.4, -0.2) is 36.2 Å². The van der Waals surface area contributed by atoms with E-state index >= 15 is 0 Å². The van der Waals surface area contributed by atoms with E-state index in [-0.39, 0.29) is 11.9 Å². The zero-order chi connectivity index (χ0) is 13.2. The quantitative estimate of drug-likeness (QED) is 0.760. The molecule has 19 heavy (non-hydrogen) atoms. The largest absolute Gasteiger partial charge is 0.391 e. The predicted octanol–water partition coefficient (Wildman–Crippen LogP) is 1.02. The molecule has 1 heterocycles. The van der Waals surface area contributed by atoms with E-state index in [1.165, 1.54) is 18.4 Å². The Morgan fingerprint density at radius 3 is 2.58 bits per heavy atom. The van der Waals surface area contributed by atoms with Crippen LogP contribution in [-0.2, 0) is 0 Å². The second-order valence-electron chi connectivity index (χ2n) is 5.54. The fraction of sp³-hybridized carbons (Fsp3) is 0.533. The van der Waals surface area contributed by atoms with Gasteiger partial charge < -0.3 is 15.7 Å². The van der Waals surface area contributed by atoms with E-state index in [0.717, 1.165) is 6.54 Å². The third kappa shape index (κ3) is 2.96. The number of aliphatic hydroxyl groups is 1. The molecule has 1 aliphatic heterocycles. The maximum absolute atomic E-state index is 12.1. The minimum absolute atomic E-state index is 0.102. The third-order valence-corrected chi connectivity index (χ3v) is 3.98. The van der Waals surface area contributed by atoms with E-state index < -0.39 is 6.10 Å². The lowest BCUT2D eigenvalue weighted by atomic mass is 10.0. The van der Waals surface area contributed by atoms with Gasteiger partial charge in [-0.3, -0.25) is 4.79 Å². The minimum atomic E-state index is -0.448. The minimum Gasteiger partial charge on any atom is -0.391 e. The molecule has 1 aromatic rings. The zero-order valence-electron chi connectivity index (χ0n) is 10.9. The maximum atomic E-state index is 12.1. The Morgan fingerprint density at radius 1 is 1.21 bits per heavy atom. The molecule has 0 bridgehead atoms. The van der Waals surface area contributed by atoms with Gasteiger partial charge in [0.1, 0.15) is 0 Å². The van der Waals surface area contributed by atoms with E-state index in [4.69, 9.17) is 0 Å². The van der Waals surface area contributed by atoms with Crippen molar-refractivity contribution in [2.75, 3.05) is 13.1 Å². The summed E-state index contributed by atoms with van der Waals surface area (Å²) in [5.41, 5.74) is 2.00. The van der Waals surface area contributed by atoms with Crippen molar-refractivity contribution in [2.24, 2.45) is 0 Å². The van der Waals surface area contributed by atoms with Gasteiger partial charge in [-0.05, 0) is 49.4 Å². The summed E-state index contributed by atoms with van der Waals surface area (Å²) in [5, 5.41) is 15.9. The summed E-state index contributed by atoms with van der Waals surface area (Å²) in [5.74, 6) is 0.608. The smallest absolute Gasteiger partial charge is 0.251 e. The molecule has 0 spiro atoms. The summed E-state index contributed by atoms with van der Waals surface area (Å²) < 4.78 is 0. The fourth-order valence-corrected chi connectivity index (χ4v) is 2.57. The average molecular weight is 260 g/mol. The Morgan fingerprint density at radius 2 is 1.95 bits per heavy atom. The topological polar surface area (TPSA) is 61.4 Å². The molecule has 102 valence electrons. The van der Waals surface area contributed by atoms with E-state index in [0.29, 0.717) is 24.4 Å². The lowest BCUT2D eigenvalue weighted by Gasteiger charge is -2.29. The average Bonchev–Trinajstić information content (AvgIpc) is 3.26. The molecule has 1 saturated heterocycles. The molecular formula is C15H20N2O2. The molecule has 0 aromatic heterocycles. The van der Waals surface area contributed by atoms with Crippen molar-refractivity contribution in [2.45, 2.75) is 37.3 Å². The van der Waals surface area contributed by atoms with Crippen LogP contribution in [0.25, 0.3) is 0 Å². The van der Waals surface area contributed by atoms with Crippen molar-refractivity contribution in [1.82, 2.24) is 10.6 Å². The standard InChI is InChI=1S/C15H20N2O2/c18-14-7-8-16-9-13(14)17-15(19)12-5-3-11(4-6-12)10-1-2-10/h3-6,10,13-14,16,18H,1-2,7-9H2,(H,17,19). The third-order valence-electron chi connectivity index (χ3n) is 3.98. The van der Waals surface area contributed by atoms with Gasteiger partial charge in [0.05, 0.1) is 12.1 Å². The first kappa shape index (κ1) is 12.6. The van der Waals surface area contributed by atoms with Gasteiger partial charge in [-0.2, -0.15) is 0 Å². The highest BCUT2D eigenvalue weighted by Crippen LogP contribution is 2.39. The van der Waals surface area contributed by atoms with Crippen molar-refractivity contribution < 1.29 is 9.90 Å². The van der Waals surface area contributed by atoms with Crippen molar-refractivity contribution in [3.05, 3.63) is 35.4 Å². The molecule has 2 fully saturated rings. The molecule has 1 aromatic carbocycles. The maximum Gasteiger partial charge on any atom is 0.251 e. The highest BCUT2D eigenvalue weighted by atomic mass is 16.3. The molecule has 3 N–H and O–H groups in total. The Bertz CT molecular complexity index is 454. The number of benzene rings is 1. The Hall–Kier alpha value is -1.39. The number of hydrogen-bond donors (Lipinski definition) is 3. The second-order valence-corrected chi connectivity index (χ2v) is 5.54. The summed E-state index contributed by atoms with van der Waals surface area (Å²) in [6.07, 6.45) is 2.78. The number of nitrogens with one attached hydrogen (secondary N) is 2. The first-order chi connectivity index (χ1) is 9.24. The Balaban J connectivity index is 1.62. The molecule has 4 heteroatoms. The molecule has 1 aliphatic carbocycles. The summed E-state index contributed by atoms with van der Waals surface area (Å²) in [7, 11) is 0. The SMILES string of the molecule is O=C(NC1CNCCC1O)c1ccc(C2CC2)cc1. The summed E-state index contributed by atoms with van der Waals surface area (Å²) in [6.45, 7) is 1.44. The summed E-state index contributed by atoms with van der Waals surface area (Å²) >= 11 is 0. The lowest BCUT2D eigenvalue weighted by Crippen LogP contribution is -2.53. The molecule has 0 radical (unpaired) electrons. The van der Waals surface area contributed by atoms with Gasteiger partial charge in [0.2, 0.25) is 0 Å². The number of hydrogen-bond acceptors (Lipinski definition) is 3. The molecule has 2 atom stereocenters. The fourth-order valence-electron chi connectivity index (χ4n) is 2.57. The number of carbonyl (C=O) groups is 1. The Labute approximate surface area is 113 Å². The van der Waals surface area contributed by atoms with Gasteiger partial charge in [-0.15, -0.1) is 0 Å². The van der Waals surface area contributed by atoms with Crippen LogP contribution in [0.1, 0.15) is 41.1 Å². The number of piperidine rings is 1. The van der Waals surface area contributed by atoms with Gasteiger partial charge in [0, 0.05) is 12.1 Å². The number of carbonyl (C=O) groups excluding carboxylic acids is 1. The van der Waals surface area contributed by atoms with Crippen molar-refractivity contribution >= 4 is 5.91 Å². The zero-order valence-corrected chi connectivity index (χ0v) is 10.9. The first-order valence-electron chi connectivity index (χ1n) is 7.03. The number of rotatable bonds is 3. The molecule has 1 saturated carbocycles. The first-order valence-corrected chi connectivity index (χ1v) is 7.03. The Kier molecular flexibility index (Phi) is 3.53. The van der Waals surface area contributed by atoms with Crippen LogP contribution in [0.5, 0.6) is 0 Å². The van der Waals surface area contributed by atoms with Gasteiger partial charge >= 0.3 is 0 Å². The molecular weight excluding hydrogens is 240 g/mol. The van der Waals surface area contributed by atoms with Crippen LogP contribution < -0.4 is 10.6 Å². The van der Waals surface area contributed by atoms with Gasteiger partial charge in [-0.1, -0.05) is 12.1 Å². The van der Waals surface area contributed by atoms with Crippen LogP contribution in [0.3, 0.4) is 0 Å². The van der Waals surface area contributed by atoms with Crippen molar-refractivity contribution in [1.29, 1.82) is 0 Å². The van der Waals surface area contributed by atoms with E-state index in [1.807, 2.05) is 24.3 Å². The van der Waals surface area contributed by atoms with Crippen molar-refractivity contribution in [3.8, 4) is 0 Å². The van der Waals surface area contributed by atoms with Gasteiger partial charge in [-0.25, -0.2) is 0 Å². The van der Waals surface area contributed by atoms with E-state index in [9.17, 15) is 9.90 Å². The normalized spacial score (nSPS) is 27.0. The lowest BCUT2D eigenvalue weighted by molar-refractivity contribution is 0.0755. The highest BCUT2D eigenvalue weighted by molar-refractivity contribution is 5.94. The van der Waals surface area contributed by atoms with Crippen LogP contribution in [0.15, 0.2) is 24.3 Å². The number of aliphatic hydroxyl groups excluding tert-OH is 1. The predicted molar refractivity (Wildman–Crippen MR) is 73.2 cm³/mol. The molecule has 4 nitrogen and oxygen atoms in total. The highest BCUT2D eigenvalue weighted by Gasteiger charge is 2.25. The summed E-state index contributed by atoms with van der Waals surface area (Å²) in [4.78, 5) is 12.1. The monoisotopic (exact) mass is 260 g/mol. The van der Waals surface area contributed by atoms with Crippen molar-refractivity contribution in [3.63, 3.8) is 0 Å². The van der Waals surface area contributed by atoms with E-state index in [1.54, 1.807) is 0 Å².